The van der Waals surface area contributed by atoms with Gasteiger partial charge in [0.2, 0.25) is 5.91 Å². The summed E-state index contributed by atoms with van der Waals surface area (Å²) in [7, 11) is 0. The molecule has 0 saturated heterocycles. The number of hydrogen-bond donors (Lipinski definition) is 1. The quantitative estimate of drug-likeness (QED) is 0.452. The van der Waals surface area contributed by atoms with Crippen LogP contribution in [-0.2, 0) is 4.79 Å². The molecule has 1 aromatic heterocycles. The SMILES string of the molecule is N#Cc1cc(NC(=O)[C@H]2c3ccccc3C(=O)N(CC(F)(F)F)[C@@H]2c2ccc(C(F)F)nc2)ccc1F. The zero-order valence-corrected chi connectivity index (χ0v) is 18.6. The summed E-state index contributed by atoms with van der Waals surface area (Å²) < 4.78 is 80.5. The third-order valence-electron chi connectivity index (χ3n) is 5.80. The van der Waals surface area contributed by atoms with Gasteiger partial charge in [-0.3, -0.25) is 14.6 Å². The second-order valence-electron chi connectivity index (χ2n) is 8.17. The molecule has 0 aliphatic carbocycles. The Morgan fingerprint density at radius 1 is 1.14 bits per heavy atom. The van der Waals surface area contributed by atoms with Gasteiger partial charge in [0, 0.05) is 17.4 Å². The van der Waals surface area contributed by atoms with Crippen LogP contribution in [0.25, 0.3) is 0 Å². The van der Waals surface area contributed by atoms with Gasteiger partial charge in [0.05, 0.1) is 17.5 Å². The van der Waals surface area contributed by atoms with Crippen molar-refractivity contribution >= 4 is 17.5 Å². The number of pyridine rings is 1. The van der Waals surface area contributed by atoms with Gasteiger partial charge in [-0.1, -0.05) is 24.3 Å². The van der Waals surface area contributed by atoms with Crippen LogP contribution in [0.3, 0.4) is 0 Å². The Morgan fingerprint density at radius 3 is 2.49 bits per heavy atom. The Kier molecular flexibility index (Phi) is 6.89. The highest BCUT2D eigenvalue weighted by atomic mass is 19.4. The summed E-state index contributed by atoms with van der Waals surface area (Å²) in [4.78, 5) is 30.8. The number of carbonyl (C=O) groups excluding carboxylic acids is 2. The first-order valence-electron chi connectivity index (χ1n) is 10.7. The van der Waals surface area contributed by atoms with Gasteiger partial charge in [-0.15, -0.1) is 0 Å². The van der Waals surface area contributed by atoms with E-state index in [0.717, 1.165) is 36.5 Å². The summed E-state index contributed by atoms with van der Waals surface area (Å²) in [5.41, 5.74) is -1.13. The number of halogens is 6. The van der Waals surface area contributed by atoms with Gasteiger partial charge in [-0.25, -0.2) is 13.2 Å². The van der Waals surface area contributed by atoms with E-state index in [9.17, 15) is 35.9 Å². The Morgan fingerprint density at radius 2 is 1.86 bits per heavy atom. The molecule has 0 radical (unpaired) electrons. The Labute approximate surface area is 206 Å². The largest absolute Gasteiger partial charge is 0.406 e. The number of aromatic nitrogens is 1. The standard InChI is InChI=1S/C25H16F6N4O2/c26-18-7-6-15(9-14(18)10-32)34-23(36)20-16-3-1-2-4-17(16)24(37)35(12-25(29,30)31)21(20)13-5-8-19(22(27)28)33-11-13/h1-9,11,20-22H,12H2,(H,34,36)/t20-,21+/m0/s1. The molecule has 190 valence electrons. The van der Waals surface area contributed by atoms with E-state index < -0.39 is 54.4 Å². The van der Waals surface area contributed by atoms with Gasteiger partial charge in [0.15, 0.2) is 0 Å². The maximum Gasteiger partial charge on any atom is 0.406 e. The predicted octanol–water partition coefficient (Wildman–Crippen LogP) is 5.51. The van der Waals surface area contributed by atoms with Crippen molar-refractivity contribution in [3.8, 4) is 6.07 Å². The van der Waals surface area contributed by atoms with E-state index in [-0.39, 0.29) is 27.9 Å². The molecule has 0 spiro atoms. The highest BCUT2D eigenvalue weighted by Crippen LogP contribution is 2.44. The van der Waals surface area contributed by atoms with Crippen LogP contribution in [-0.4, -0.2) is 34.4 Å². The summed E-state index contributed by atoms with van der Waals surface area (Å²) in [6.45, 7) is -1.72. The number of amides is 2. The molecule has 0 bridgehead atoms. The van der Waals surface area contributed by atoms with E-state index in [1.807, 2.05) is 0 Å². The van der Waals surface area contributed by atoms with E-state index in [4.69, 9.17) is 5.26 Å². The van der Waals surface area contributed by atoms with Crippen molar-refractivity contribution in [2.24, 2.45) is 0 Å². The first-order valence-corrected chi connectivity index (χ1v) is 10.7. The van der Waals surface area contributed by atoms with Crippen molar-refractivity contribution in [3.05, 3.63) is 94.6 Å². The zero-order chi connectivity index (χ0) is 26.9. The highest BCUT2D eigenvalue weighted by molar-refractivity contribution is 6.04. The lowest BCUT2D eigenvalue weighted by Gasteiger charge is -2.41. The summed E-state index contributed by atoms with van der Waals surface area (Å²) in [6, 6.07) is 10.8. The lowest BCUT2D eigenvalue weighted by Crippen LogP contribution is -2.49. The van der Waals surface area contributed by atoms with Gasteiger partial charge in [-0.05, 0) is 41.5 Å². The van der Waals surface area contributed by atoms with E-state index in [1.165, 1.54) is 24.3 Å². The summed E-state index contributed by atoms with van der Waals surface area (Å²) in [6.07, 6.45) is -6.89. The number of hydrogen-bond acceptors (Lipinski definition) is 4. The molecule has 2 aromatic carbocycles. The monoisotopic (exact) mass is 518 g/mol. The maximum atomic E-state index is 13.7. The summed E-state index contributed by atoms with van der Waals surface area (Å²) >= 11 is 0. The van der Waals surface area contributed by atoms with Gasteiger partial charge < -0.3 is 10.2 Å². The second-order valence-corrected chi connectivity index (χ2v) is 8.17. The van der Waals surface area contributed by atoms with E-state index in [0.29, 0.717) is 4.90 Å². The van der Waals surface area contributed by atoms with Crippen LogP contribution in [0.15, 0.2) is 60.8 Å². The van der Waals surface area contributed by atoms with Crippen LogP contribution in [0.1, 0.15) is 51.1 Å². The molecule has 0 saturated carbocycles. The molecule has 12 heteroatoms. The van der Waals surface area contributed by atoms with Crippen LogP contribution in [0.2, 0.25) is 0 Å². The summed E-state index contributed by atoms with van der Waals surface area (Å²) in [5, 5.41) is 11.5. The van der Waals surface area contributed by atoms with Gasteiger partial charge in [-0.2, -0.15) is 18.4 Å². The van der Waals surface area contributed by atoms with Gasteiger partial charge in [0.25, 0.3) is 12.3 Å². The maximum absolute atomic E-state index is 13.7. The number of anilines is 1. The third-order valence-corrected chi connectivity index (χ3v) is 5.80. The first kappa shape index (κ1) is 25.7. The number of alkyl halides is 5. The van der Waals surface area contributed by atoms with Crippen molar-refractivity contribution in [2.45, 2.75) is 24.6 Å². The van der Waals surface area contributed by atoms with Gasteiger partial charge >= 0.3 is 6.18 Å². The number of fused-ring (bicyclic) bond motifs is 1. The molecular weight excluding hydrogens is 502 g/mol. The van der Waals surface area contributed by atoms with Crippen molar-refractivity contribution in [2.75, 3.05) is 11.9 Å². The fourth-order valence-electron chi connectivity index (χ4n) is 4.24. The van der Waals surface area contributed by atoms with Crippen LogP contribution in [0, 0.1) is 17.1 Å². The topological polar surface area (TPSA) is 86.1 Å². The zero-order valence-electron chi connectivity index (χ0n) is 18.6. The molecule has 4 rings (SSSR count). The molecule has 0 fully saturated rings. The minimum atomic E-state index is -4.85. The predicted molar refractivity (Wildman–Crippen MR) is 118 cm³/mol. The molecule has 1 aliphatic heterocycles. The fourth-order valence-corrected chi connectivity index (χ4v) is 4.24. The van der Waals surface area contributed by atoms with Crippen molar-refractivity contribution < 1.29 is 35.9 Å². The lowest BCUT2D eigenvalue weighted by molar-refractivity contribution is -0.148. The molecular formula is C25H16F6N4O2. The number of benzene rings is 2. The van der Waals surface area contributed by atoms with E-state index in [1.54, 1.807) is 6.07 Å². The molecule has 0 unspecified atom stereocenters. The molecule has 6 nitrogen and oxygen atoms in total. The van der Waals surface area contributed by atoms with Crippen LogP contribution in [0.4, 0.5) is 32.0 Å². The Hall–Kier alpha value is -4.40. The third kappa shape index (κ3) is 5.25. The van der Waals surface area contributed by atoms with E-state index in [2.05, 4.69) is 10.3 Å². The smallest absolute Gasteiger partial charge is 0.325 e. The molecule has 37 heavy (non-hydrogen) atoms. The van der Waals surface area contributed by atoms with E-state index >= 15 is 0 Å². The average molecular weight is 518 g/mol. The van der Waals surface area contributed by atoms with Crippen molar-refractivity contribution in [1.82, 2.24) is 9.88 Å². The molecule has 1 aliphatic rings. The van der Waals surface area contributed by atoms with Crippen LogP contribution < -0.4 is 5.32 Å². The molecule has 3 aromatic rings. The number of rotatable bonds is 5. The molecule has 2 heterocycles. The van der Waals surface area contributed by atoms with Crippen molar-refractivity contribution in [1.29, 1.82) is 5.26 Å². The first-order chi connectivity index (χ1) is 17.5. The van der Waals surface area contributed by atoms with Crippen LogP contribution in [0.5, 0.6) is 0 Å². The molecule has 2 atom stereocenters. The normalized spacial score (nSPS) is 17.4. The fraction of sp³-hybridized carbons (Fsp3) is 0.200. The minimum absolute atomic E-state index is 0.00961. The highest BCUT2D eigenvalue weighted by Gasteiger charge is 2.48. The van der Waals surface area contributed by atoms with Gasteiger partial charge in [0.1, 0.15) is 24.1 Å². The number of nitrogens with one attached hydrogen (secondary N) is 1. The Bertz CT molecular complexity index is 1390. The Balaban J connectivity index is 1.85. The minimum Gasteiger partial charge on any atom is -0.325 e. The summed E-state index contributed by atoms with van der Waals surface area (Å²) in [5.74, 6) is -4.15. The number of nitriles is 1. The van der Waals surface area contributed by atoms with Crippen molar-refractivity contribution in [3.63, 3.8) is 0 Å². The molecule has 2 amide bonds. The van der Waals surface area contributed by atoms with Crippen LogP contribution >= 0.6 is 0 Å². The lowest BCUT2D eigenvalue weighted by atomic mass is 9.79. The second kappa shape index (κ2) is 9.93. The molecule has 1 N–H and O–H groups in total. The average Bonchev–Trinajstić information content (AvgIpc) is 2.86. The number of carbonyl (C=O) groups is 2. The number of nitrogens with zero attached hydrogens (tertiary/aromatic N) is 3.